The first-order valence-corrected chi connectivity index (χ1v) is 9.99. The fourth-order valence-corrected chi connectivity index (χ4v) is 2.97. The summed E-state index contributed by atoms with van der Waals surface area (Å²) in [4.78, 5) is 0. The van der Waals surface area contributed by atoms with E-state index in [1.165, 1.54) is 58.3 Å². The zero-order valence-corrected chi connectivity index (χ0v) is 18.7. The molecule has 128 valence electrons. The van der Waals surface area contributed by atoms with E-state index in [2.05, 4.69) is 6.92 Å². The maximum absolute atomic E-state index is 10.8. The summed E-state index contributed by atoms with van der Waals surface area (Å²) in [5.41, 5.74) is 0. The quantitative estimate of drug-likeness (QED) is 0.285. The van der Waals surface area contributed by atoms with Crippen LogP contribution in [0.3, 0.4) is 0 Å². The third-order valence-corrected chi connectivity index (χ3v) is 5.33. The average Bonchev–Trinajstić information content (AvgIpc) is 2.42. The van der Waals surface area contributed by atoms with Gasteiger partial charge in [-0.25, -0.2) is 8.42 Å². The van der Waals surface area contributed by atoms with Gasteiger partial charge in [-0.2, -0.15) is 0 Å². The van der Waals surface area contributed by atoms with Gasteiger partial charge in [-0.1, -0.05) is 77.6 Å². The Labute approximate surface area is 180 Å². The predicted octanol–water partition coefficient (Wildman–Crippen LogP) is 0.986. The molecule has 0 aliphatic carbocycles. The molecule has 22 heavy (non-hydrogen) atoms. The summed E-state index contributed by atoms with van der Waals surface area (Å²) in [6.45, 7) is 3.51. The summed E-state index contributed by atoms with van der Waals surface area (Å²) in [5, 5.41) is 8.42. The zero-order chi connectivity index (χ0) is 16.1. The van der Waals surface area contributed by atoms with Gasteiger partial charge in [0.15, 0.2) is 0 Å². The Kier molecular flexibility index (Phi) is 18.7. The smallest absolute Gasteiger partial charge is 0.748 e. The molecular formula is C16H33KO4S. The molecule has 0 saturated carbocycles. The van der Waals surface area contributed by atoms with Gasteiger partial charge < -0.3 is 9.66 Å². The molecule has 0 fully saturated rings. The standard InChI is InChI=1S/C16H34O4S.K/c1-3-4-5-6-7-8-9-10-11-12-13-14-16(17)15(2)21(18,19)20;/h15-17H,3-14H2,1-2H3,(H,18,19,20);/q;+1/p-1. The Morgan fingerprint density at radius 1 is 0.864 bits per heavy atom. The molecule has 6 heteroatoms. The van der Waals surface area contributed by atoms with Crippen LogP contribution in [-0.4, -0.2) is 29.4 Å². The number of aliphatic hydroxyl groups excluding tert-OH is 1. The molecule has 0 radical (unpaired) electrons. The van der Waals surface area contributed by atoms with Gasteiger partial charge in [0.25, 0.3) is 0 Å². The molecule has 0 spiro atoms. The van der Waals surface area contributed by atoms with E-state index in [1.807, 2.05) is 0 Å². The predicted molar refractivity (Wildman–Crippen MR) is 86.2 cm³/mol. The summed E-state index contributed by atoms with van der Waals surface area (Å²) in [5.74, 6) is 0. The van der Waals surface area contributed by atoms with Gasteiger partial charge in [0.2, 0.25) is 0 Å². The molecule has 0 aliphatic heterocycles. The van der Waals surface area contributed by atoms with Gasteiger partial charge in [-0.15, -0.1) is 0 Å². The second-order valence-corrected chi connectivity index (χ2v) is 7.82. The van der Waals surface area contributed by atoms with Crippen LogP contribution in [0.4, 0.5) is 0 Å². The monoisotopic (exact) mass is 360 g/mol. The van der Waals surface area contributed by atoms with Gasteiger partial charge in [0, 0.05) is 0 Å². The molecule has 0 amide bonds. The Morgan fingerprint density at radius 2 is 1.23 bits per heavy atom. The molecule has 1 N–H and O–H groups in total. The molecule has 4 nitrogen and oxygen atoms in total. The molecule has 0 rings (SSSR count). The van der Waals surface area contributed by atoms with Crippen molar-refractivity contribution < 1.29 is 69.5 Å². The zero-order valence-electron chi connectivity index (χ0n) is 14.7. The SMILES string of the molecule is CCCCCCCCCCCCCC(O)C(C)S(=O)(=O)[O-].[K+]. The molecule has 0 aromatic rings. The summed E-state index contributed by atoms with van der Waals surface area (Å²) in [6, 6.07) is 0. The second kappa shape index (κ2) is 16.0. The maximum atomic E-state index is 10.8. The van der Waals surface area contributed by atoms with Gasteiger partial charge in [-0.05, 0) is 13.3 Å². The molecule has 0 aromatic carbocycles. The third-order valence-electron chi connectivity index (χ3n) is 4.10. The van der Waals surface area contributed by atoms with Crippen molar-refractivity contribution in [3.8, 4) is 0 Å². The van der Waals surface area contributed by atoms with Crippen LogP contribution in [-0.2, 0) is 10.1 Å². The van der Waals surface area contributed by atoms with Crippen molar-refractivity contribution in [2.24, 2.45) is 0 Å². The first-order valence-electron chi connectivity index (χ1n) is 8.52. The van der Waals surface area contributed by atoms with Crippen molar-refractivity contribution in [1.29, 1.82) is 0 Å². The van der Waals surface area contributed by atoms with Gasteiger partial charge in [-0.3, -0.25) is 0 Å². The van der Waals surface area contributed by atoms with E-state index in [0.717, 1.165) is 19.3 Å². The number of hydrogen-bond acceptors (Lipinski definition) is 4. The first kappa shape index (κ1) is 25.7. The normalized spacial score (nSPS) is 14.4. The number of rotatable bonds is 14. The van der Waals surface area contributed by atoms with Crippen molar-refractivity contribution in [1.82, 2.24) is 0 Å². The summed E-state index contributed by atoms with van der Waals surface area (Å²) in [7, 11) is -4.37. The van der Waals surface area contributed by atoms with Crippen molar-refractivity contribution in [2.75, 3.05) is 0 Å². The van der Waals surface area contributed by atoms with Gasteiger partial charge >= 0.3 is 51.4 Å². The fraction of sp³-hybridized carbons (Fsp3) is 1.00. The molecule has 2 atom stereocenters. The molecule has 0 saturated heterocycles. The Morgan fingerprint density at radius 3 is 1.59 bits per heavy atom. The minimum Gasteiger partial charge on any atom is -0.748 e. The van der Waals surface area contributed by atoms with Gasteiger partial charge in [0.1, 0.15) is 0 Å². The second-order valence-electron chi connectivity index (χ2n) is 6.09. The average molecular weight is 361 g/mol. The van der Waals surface area contributed by atoms with E-state index in [4.69, 9.17) is 0 Å². The fourth-order valence-electron chi connectivity index (χ4n) is 2.44. The van der Waals surface area contributed by atoms with E-state index in [0.29, 0.717) is 6.42 Å². The number of aliphatic hydroxyl groups is 1. The van der Waals surface area contributed by atoms with Crippen molar-refractivity contribution in [3.05, 3.63) is 0 Å². The Balaban J connectivity index is 0. The molecule has 0 bridgehead atoms. The van der Waals surface area contributed by atoms with Crippen LogP contribution < -0.4 is 51.4 Å². The van der Waals surface area contributed by atoms with Crippen LogP contribution in [0.15, 0.2) is 0 Å². The number of hydrogen-bond donors (Lipinski definition) is 1. The molecule has 0 heterocycles. The van der Waals surface area contributed by atoms with Gasteiger partial charge in [0.05, 0.1) is 21.5 Å². The topological polar surface area (TPSA) is 77.4 Å². The molecule has 0 aliphatic rings. The van der Waals surface area contributed by atoms with E-state index in [1.54, 1.807) is 0 Å². The Hall–Kier alpha value is 1.51. The van der Waals surface area contributed by atoms with Crippen LogP contribution in [0.25, 0.3) is 0 Å². The van der Waals surface area contributed by atoms with Crippen molar-refractivity contribution in [3.63, 3.8) is 0 Å². The summed E-state index contributed by atoms with van der Waals surface area (Å²) < 4.78 is 32.3. The van der Waals surface area contributed by atoms with Crippen LogP contribution in [0, 0.1) is 0 Å². The summed E-state index contributed by atoms with van der Waals surface area (Å²) in [6.07, 6.45) is 12.7. The van der Waals surface area contributed by atoms with Crippen LogP contribution >= 0.6 is 0 Å². The van der Waals surface area contributed by atoms with E-state index in [-0.39, 0.29) is 51.4 Å². The van der Waals surface area contributed by atoms with Crippen molar-refractivity contribution >= 4 is 10.1 Å². The maximum Gasteiger partial charge on any atom is 1.00 e. The minimum atomic E-state index is -4.37. The van der Waals surface area contributed by atoms with E-state index >= 15 is 0 Å². The first-order chi connectivity index (χ1) is 9.89. The van der Waals surface area contributed by atoms with Crippen LogP contribution in [0.5, 0.6) is 0 Å². The van der Waals surface area contributed by atoms with E-state index < -0.39 is 21.5 Å². The van der Waals surface area contributed by atoms with Crippen molar-refractivity contribution in [2.45, 2.75) is 102 Å². The molecule has 2 unspecified atom stereocenters. The number of unbranched alkanes of at least 4 members (excludes halogenated alkanes) is 10. The minimum absolute atomic E-state index is 0. The largest absolute Gasteiger partial charge is 1.00 e. The van der Waals surface area contributed by atoms with E-state index in [9.17, 15) is 18.1 Å². The Bertz CT molecular complexity index is 333. The third kappa shape index (κ3) is 15.1. The van der Waals surface area contributed by atoms with Crippen LogP contribution in [0.1, 0.15) is 90.9 Å². The summed E-state index contributed by atoms with van der Waals surface area (Å²) >= 11 is 0. The molecular weight excluding hydrogens is 327 g/mol. The van der Waals surface area contributed by atoms with Crippen LogP contribution in [0.2, 0.25) is 0 Å². The molecule has 0 aromatic heterocycles.